The van der Waals surface area contributed by atoms with E-state index in [0.717, 1.165) is 13.1 Å². The molecule has 1 fully saturated rings. The molecule has 0 bridgehead atoms. The Balaban J connectivity index is 0.000000145. The molecule has 1 heterocycles. The smallest absolute Gasteiger partial charge is 0.0292 e. The molecule has 2 nitrogen and oxygen atoms in total. The number of rotatable bonds is 0. The maximum atomic E-state index is 5.32. The molecule has 0 spiro atoms. The van der Waals surface area contributed by atoms with E-state index in [-0.39, 0.29) is 0 Å². The quantitative estimate of drug-likeness (QED) is 0.479. The van der Waals surface area contributed by atoms with Crippen LogP contribution in [0.4, 0.5) is 0 Å². The Labute approximate surface area is 51.5 Å². The second kappa shape index (κ2) is 5.06. The summed E-state index contributed by atoms with van der Waals surface area (Å²) >= 11 is 0. The zero-order valence-corrected chi connectivity index (χ0v) is 5.78. The minimum Gasteiger partial charge on any atom is -0.326 e. The maximum absolute atomic E-state index is 5.32. The van der Waals surface area contributed by atoms with Crippen molar-refractivity contribution in [3.8, 4) is 0 Å². The van der Waals surface area contributed by atoms with Gasteiger partial charge in [-0.3, -0.25) is 0 Å². The Morgan fingerprint density at radius 1 is 1.50 bits per heavy atom. The van der Waals surface area contributed by atoms with Gasteiger partial charge in [0.25, 0.3) is 0 Å². The molecular weight excluding hydrogens is 100 g/mol. The number of nitrogens with one attached hydrogen (secondary N) is 1. The maximum Gasteiger partial charge on any atom is 0.0292 e. The molecule has 0 atom stereocenters. The van der Waals surface area contributed by atoms with E-state index in [1.807, 2.05) is 0 Å². The van der Waals surface area contributed by atoms with Gasteiger partial charge in [-0.2, -0.15) is 0 Å². The average molecular weight is 116 g/mol. The lowest BCUT2D eigenvalue weighted by Gasteiger charge is -2.21. The number of hydrogen-bond acceptors (Lipinski definition) is 2. The first-order chi connectivity index (χ1) is 3.81. The summed E-state index contributed by atoms with van der Waals surface area (Å²) in [5, 5.41) is 3.04. The summed E-state index contributed by atoms with van der Waals surface area (Å²) in [4.78, 5) is 0. The van der Waals surface area contributed by atoms with E-state index in [1.54, 1.807) is 0 Å². The number of hydrogen-bond donors (Lipinski definition) is 2. The largest absolute Gasteiger partial charge is 0.326 e. The lowest BCUT2D eigenvalue weighted by atomic mass is 10.2. The fourth-order valence-electron chi connectivity index (χ4n) is 0.311. The monoisotopic (exact) mass is 116 g/mol. The van der Waals surface area contributed by atoms with Gasteiger partial charge in [-0.25, -0.2) is 0 Å². The summed E-state index contributed by atoms with van der Waals surface area (Å²) in [6.45, 7) is 6.28. The molecule has 0 saturated carbocycles. The third kappa shape index (κ3) is 4.09. The predicted molar refractivity (Wildman–Crippen MR) is 36.8 cm³/mol. The molecule has 0 aromatic rings. The van der Waals surface area contributed by atoms with Gasteiger partial charge in [0, 0.05) is 19.1 Å². The molecule has 3 N–H and O–H groups in total. The molecule has 0 radical (unpaired) electrons. The predicted octanol–water partition coefficient (Wildman–Crippen LogP) is 0.333. The molecule has 50 valence electrons. The molecule has 0 unspecified atom stereocenters. The summed E-state index contributed by atoms with van der Waals surface area (Å²) < 4.78 is 0. The lowest BCUT2D eigenvalue weighted by Crippen LogP contribution is -2.52. The molecule has 1 aliphatic heterocycles. The first-order valence-corrected chi connectivity index (χ1v) is 3.27. The van der Waals surface area contributed by atoms with Crippen LogP contribution in [0.3, 0.4) is 0 Å². The van der Waals surface area contributed by atoms with Crippen molar-refractivity contribution in [3.63, 3.8) is 0 Å². The van der Waals surface area contributed by atoms with E-state index in [9.17, 15) is 0 Å². The van der Waals surface area contributed by atoms with Crippen molar-refractivity contribution < 1.29 is 0 Å². The second-order valence-electron chi connectivity index (χ2n) is 2.13. The van der Waals surface area contributed by atoms with Gasteiger partial charge in [-0.1, -0.05) is 20.3 Å². The minimum atomic E-state index is 0.454. The van der Waals surface area contributed by atoms with E-state index in [4.69, 9.17) is 5.73 Å². The molecule has 8 heavy (non-hydrogen) atoms. The first-order valence-electron chi connectivity index (χ1n) is 3.27. The van der Waals surface area contributed by atoms with Crippen LogP contribution in [-0.4, -0.2) is 19.1 Å². The normalized spacial score (nSPS) is 18.4. The standard InChI is InChI=1S/C3H8N2.C3H8/c4-3-1-5-2-3;1-3-2/h3,5H,1-2,4H2;3H2,1-2H3. The molecule has 0 aromatic heterocycles. The molecular formula is C6H16N2. The van der Waals surface area contributed by atoms with Crippen LogP contribution in [0.2, 0.25) is 0 Å². The van der Waals surface area contributed by atoms with Crippen molar-refractivity contribution in [3.05, 3.63) is 0 Å². The number of nitrogens with two attached hydrogens (primary N) is 1. The molecule has 1 aliphatic rings. The van der Waals surface area contributed by atoms with E-state index >= 15 is 0 Å². The van der Waals surface area contributed by atoms with Crippen molar-refractivity contribution in [1.29, 1.82) is 0 Å². The van der Waals surface area contributed by atoms with Crippen LogP contribution in [-0.2, 0) is 0 Å². The highest BCUT2D eigenvalue weighted by Crippen LogP contribution is 1.80. The van der Waals surface area contributed by atoms with E-state index in [0.29, 0.717) is 6.04 Å². The van der Waals surface area contributed by atoms with Crippen molar-refractivity contribution in [2.45, 2.75) is 26.3 Å². The SMILES string of the molecule is CCC.NC1CNC1. The van der Waals surface area contributed by atoms with Crippen LogP contribution in [0, 0.1) is 0 Å². The van der Waals surface area contributed by atoms with E-state index < -0.39 is 0 Å². The highest BCUT2D eigenvalue weighted by atomic mass is 15.0. The second-order valence-corrected chi connectivity index (χ2v) is 2.13. The molecule has 0 amide bonds. The summed E-state index contributed by atoms with van der Waals surface area (Å²) in [5.41, 5.74) is 5.32. The van der Waals surface area contributed by atoms with Crippen LogP contribution >= 0.6 is 0 Å². The van der Waals surface area contributed by atoms with Gasteiger partial charge >= 0.3 is 0 Å². The Bertz CT molecular complexity index is 41.8. The van der Waals surface area contributed by atoms with Gasteiger partial charge in [0.1, 0.15) is 0 Å². The van der Waals surface area contributed by atoms with Gasteiger partial charge in [-0.15, -0.1) is 0 Å². The average Bonchev–Trinajstić information content (AvgIpc) is 1.64. The van der Waals surface area contributed by atoms with E-state index in [2.05, 4.69) is 19.2 Å². The molecule has 1 saturated heterocycles. The summed E-state index contributed by atoms with van der Waals surface area (Å²) in [6, 6.07) is 0.454. The minimum absolute atomic E-state index is 0.454. The van der Waals surface area contributed by atoms with Crippen molar-refractivity contribution in [1.82, 2.24) is 5.32 Å². The molecule has 1 rings (SSSR count). The highest BCUT2D eigenvalue weighted by molar-refractivity contribution is 4.76. The van der Waals surface area contributed by atoms with Gasteiger partial charge in [-0.05, 0) is 0 Å². The third-order valence-corrected chi connectivity index (χ3v) is 0.813. The van der Waals surface area contributed by atoms with Gasteiger partial charge < -0.3 is 11.1 Å². The van der Waals surface area contributed by atoms with Gasteiger partial charge in [0.15, 0.2) is 0 Å². The highest BCUT2D eigenvalue weighted by Gasteiger charge is 2.08. The fraction of sp³-hybridized carbons (Fsp3) is 1.00. The Morgan fingerprint density at radius 2 is 1.75 bits per heavy atom. The zero-order chi connectivity index (χ0) is 6.41. The molecule has 0 aromatic carbocycles. The lowest BCUT2D eigenvalue weighted by molar-refractivity contribution is 0.445. The van der Waals surface area contributed by atoms with Crippen LogP contribution < -0.4 is 11.1 Å². The van der Waals surface area contributed by atoms with Crippen molar-refractivity contribution in [2.24, 2.45) is 5.73 Å². The topological polar surface area (TPSA) is 38.0 Å². The van der Waals surface area contributed by atoms with Crippen LogP contribution in [0.15, 0.2) is 0 Å². The van der Waals surface area contributed by atoms with Crippen LogP contribution in [0.25, 0.3) is 0 Å². The third-order valence-electron chi connectivity index (χ3n) is 0.813. The zero-order valence-electron chi connectivity index (χ0n) is 5.78. The van der Waals surface area contributed by atoms with Crippen molar-refractivity contribution in [2.75, 3.05) is 13.1 Å². The van der Waals surface area contributed by atoms with Crippen LogP contribution in [0.1, 0.15) is 20.3 Å². The molecule has 0 aliphatic carbocycles. The van der Waals surface area contributed by atoms with Crippen molar-refractivity contribution >= 4 is 0 Å². The van der Waals surface area contributed by atoms with Crippen LogP contribution in [0.5, 0.6) is 0 Å². The summed E-state index contributed by atoms with van der Waals surface area (Å²) in [5.74, 6) is 0. The fourth-order valence-corrected chi connectivity index (χ4v) is 0.311. The Hall–Kier alpha value is -0.0800. The van der Waals surface area contributed by atoms with Gasteiger partial charge in [0.2, 0.25) is 0 Å². The first kappa shape index (κ1) is 7.92. The summed E-state index contributed by atoms with van der Waals surface area (Å²) in [7, 11) is 0. The Kier molecular flexibility index (Phi) is 5.01. The van der Waals surface area contributed by atoms with Gasteiger partial charge in [0.05, 0.1) is 0 Å². The Morgan fingerprint density at radius 3 is 1.75 bits per heavy atom. The summed E-state index contributed by atoms with van der Waals surface area (Å²) in [6.07, 6.45) is 1.25. The van der Waals surface area contributed by atoms with E-state index in [1.165, 1.54) is 6.42 Å². The molecule has 2 heteroatoms.